The molecule has 96 valence electrons. The fourth-order valence-corrected chi connectivity index (χ4v) is 2.28. The summed E-state index contributed by atoms with van der Waals surface area (Å²) < 4.78 is 0.968. The third-order valence-corrected chi connectivity index (χ3v) is 3.30. The van der Waals surface area contributed by atoms with Crippen molar-refractivity contribution in [3.05, 3.63) is 70.1 Å². The normalized spacial score (nSPS) is 10.1. The summed E-state index contributed by atoms with van der Waals surface area (Å²) in [5.74, 6) is 6.23. The van der Waals surface area contributed by atoms with Crippen LogP contribution in [-0.2, 0) is 0 Å². The van der Waals surface area contributed by atoms with E-state index in [-0.39, 0.29) is 0 Å². The molecule has 0 aliphatic rings. The molecule has 0 unspecified atom stereocenters. The Bertz CT molecular complexity index is 844. The number of hydrogen-bond donors (Lipinski definition) is 0. The summed E-state index contributed by atoms with van der Waals surface area (Å²) >= 11 is 3.43. The highest BCUT2D eigenvalue weighted by Crippen LogP contribution is 2.18. The Morgan fingerprint density at radius 1 is 1.05 bits per heavy atom. The van der Waals surface area contributed by atoms with Crippen LogP contribution in [0, 0.1) is 18.8 Å². The van der Waals surface area contributed by atoms with Crippen LogP contribution in [0.4, 0.5) is 0 Å². The van der Waals surface area contributed by atoms with Crippen LogP contribution in [0.3, 0.4) is 0 Å². The van der Waals surface area contributed by atoms with E-state index in [2.05, 4.69) is 37.7 Å². The molecule has 0 N–H and O–H groups in total. The van der Waals surface area contributed by atoms with Gasteiger partial charge in [0.05, 0.1) is 5.52 Å². The zero-order valence-corrected chi connectivity index (χ0v) is 12.5. The molecule has 20 heavy (non-hydrogen) atoms. The Morgan fingerprint density at radius 2 is 1.95 bits per heavy atom. The van der Waals surface area contributed by atoms with Gasteiger partial charge in [-0.25, -0.2) is 4.98 Å². The number of hydrogen-bond acceptors (Lipinski definition) is 2. The maximum absolute atomic E-state index is 4.37. The lowest BCUT2D eigenvalue weighted by atomic mass is 10.1. The van der Waals surface area contributed by atoms with Gasteiger partial charge in [0.25, 0.3) is 0 Å². The van der Waals surface area contributed by atoms with E-state index in [1.807, 2.05) is 49.4 Å². The Balaban J connectivity index is 1.99. The van der Waals surface area contributed by atoms with Gasteiger partial charge in [0.1, 0.15) is 5.69 Å². The number of benzene rings is 1. The molecule has 0 saturated heterocycles. The van der Waals surface area contributed by atoms with E-state index in [9.17, 15) is 0 Å². The van der Waals surface area contributed by atoms with E-state index in [0.717, 1.165) is 32.3 Å². The zero-order chi connectivity index (χ0) is 13.9. The molecular formula is C17H11BrN2. The zero-order valence-electron chi connectivity index (χ0n) is 10.9. The smallest absolute Gasteiger partial charge is 0.113 e. The second kappa shape index (κ2) is 5.44. The van der Waals surface area contributed by atoms with Crippen LogP contribution in [0.5, 0.6) is 0 Å². The first-order chi connectivity index (χ1) is 9.70. The van der Waals surface area contributed by atoms with Gasteiger partial charge in [-0.05, 0) is 65.2 Å². The Morgan fingerprint density at radius 3 is 2.80 bits per heavy atom. The molecule has 0 bridgehead atoms. The third-order valence-electron chi connectivity index (χ3n) is 2.87. The molecule has 0 amide bonds. The molecule has 0 spiro atoms. The van der Waals surface area contributed by atoms with Crippen molar-refractivity contribution in [2.24, 2.45) is 0 Å². The predicted molar refractivity (Wildman–Crippen MR) is 84.4 cm³/mol. The van der Waals surface area contributed by atoms with Gasteiger partial charge in [-0.2, -0.15) is 0 Å². The minimum absolute atomic E-state index is 0.789. The van der Waals surface area contributed by atoms with Crippen LogP contribution >= 0.6 is 15.9 Å². The summed E-state index contributed by atoms with van der Waals surface area (Å²) in [7, 11) is 0. The van der Waals surface area contributed by atoms with Crippen molar-refractivity contribution in [2.75, 3.05) is 0 Å². The van der Waals surface area contributed by atoms with Gasteiger partial charge in [0.2, 0.25) is 0 Å². The summed E-state index contributed by atoms with van der Waals surface area (Å²) in [6.07, 6.45) is 1.80. The number of nitrogens with zero attached hydrogens (tertiary/aromatic N) is 2. The first kappa shape index (κ1) is 12.8. The number of fused-ring (bicyclic) bond motifs is 1. The lowest BCUT2D eigenvalue weighted by Gasteiger charge is -1.98. The highest BCUT2D eigenvalue weighted by molar-refractivity contribution is 9.10. The van der Waals surface area contributed by atoms with Crippen molar-refractivity contribution in [3.8, 4) is 11.8 Å². The number of rotatable bonds is 0. The lowest BCUT2D eigenvalue weighted by molar-refractivity contribution is 1.18. The van der Waals surface area contributed by atoms with Crippen LogP contribution in [0.1, 0.15) is 17.0 Å². The second-order valence-electron chi connectivity index (χ2n) is 4.48. The highest BCUT2D eigenvalue weighted by Gasteiger charge is 1.97. The van der Waals surface area contributed by atoms with Crippen LogP contribution in [0.15, 0.2) is 53.1 Å². The van der Waals surface area contributed by atoms with E-state index < -0.39 is 0 Å². The molecule has 0 radical (unpaired) electrons. The summed E-state index contributed by atoms with van der Waals surface area (Å²) in [6, 6.07) is 13.9. The maximum Gasteiger partial charge on any atom is 0.113 e. The summed E-state index contributed by atoms with van der Waals surface area (Å²) in [5, 5.41) is 1.07. The van der Waals surface area contributed by atoms with Crippen LogP contribution in [-0.4, -0.2) is 9.97 Å². The minimum atomic E-state index is 0.789. The van der Waals surface area contributed by atoms with Gasteiger partial charge in [-0.1, -0.05) is 12.0 Å². The first-order valence-electron chi connectivity index (χ1n) is 6.22. The van der Waals surface area contributed by atoms with Gasteiger partial charge in [-0.3, -0.25) is 4.98 Å². The fourth-order valence-electron chi connectivity index (χ4n) is 1.93. The molecular weight excluding hydrogens is 312 g/mol. The van der Waals surface area contributed by atoms with Crippen molar-refractivity contribution in [1.82, 2.24) is 9.97 Å². The molecule has 2 heterocycles. The Kier molecular flexibility index (Phi) is 3.49. The largest absolute Gasteiger partial charge is 0.255 e. The molecule has 3 heteroatoms. The van der Waals surface area contributed by atoms with Crippen LogP contribution in [0.25, 0.3) is 10.9 Å². The van der Waals surface area contributed by atoms with Crippen molar-refractivity contribution < 1.29 is 0 Å². The van der Waals surface area contributed by atoms with E-state index >= 15 is 0 Å². The lowest BCUT2D eigenvalue weighted by Crippen LogP contribution is -1.85. The molecule has 0 atom stereocenters. The summed E-state index contributed by atoms with van der Waals surface area (Å²) in [6.45, 7) is 1.96. The molecule has 0 aliphatic carbocycles. The molecule has 2 aromatic heterocycles. The molecule has 3 rings (SSSR count). The SMILES string of the molecule is Cc1cccc(C#Cc2ccc3ncc(Br)cc3c2)n1. The van der Waals surface area contributed by atoms with Gasteiger partial charge in [0.15, 0.2) is 0 Å². The molecule has 3 aromatic rings. The standard InChI is InChI=1S/C17H11BrN2/c1-12-3-2-4-16(20-12)7-5-13-6-8-17-14(9-13)10-15(18)11-19-17/h2-4,6,8-11H,1H3. The first-order valence-corrected chi connectivity index (χ1v) is 7.01. The topological polar surface area (TPSA) is 25.8 Å². The Labute approximate surface area is 126 Å². The maximum atomic E-state index is 4.37. The number of pyridine rings is 2. The van der Waals surface area contributed by atoms with E-state index in [1.165, 1.54) is 0 Å². The quantitative estimate of drug-likeness (QED) is 0.582. The summed E-state index contributed by atoms with van der Waals surface area (Å²) in [4.78, 5) is 8.72. The molecule has 2 nitrogen and oxygen atoms in total. The number of halogens is 1. The molecule has 0 aliphatic heterocycles. The number of aromatic nitrogens is 2. The highest BCUT2D eigenvalue weighted by atomic mass is 79.9. The molecule has 0 fully saturated rings. The van der Waals surface area contributed by atoms with Gasteiger partial charge in [0, 0.05) is 27.3 Å². The Hall–Kier alpha value is -2.18. The third kappa shape index (κ3) is 2.87. The van der Waals surface area contributed by atoms with E-state index in [0.29, 0.717) is 0 Å². The van der Waals surface area contributed by atoms with E-state index in [1.54, 1.807) is 6.20 Å². The van der Waals surface area contributed by atoms with Gasteiger partial charge >= 0.3 is 0 Å². The number of aryl methyl sites for hydroxylation is 1. The average Bonchev–Trinajstić information content (AvgIpc) is 2.45. The summed E-state index contributed by atoms with van der Waals surface area (Å²) in [5.41, 5.74) is 3.69. The average molecular weight is 323 g/mol. The van der Waals surface area contributed by atoms with Crippen LogP contribution < -0.4 is 0 Å². The monoisotopic (exact) mass is 322 g/mol. The van der Waals surface area contributed by atoms with E-state index in [4.69, 9.17) is 0 Å². The fraction of sp³-hybridized carbons (Fsp3) is 0.0588. The predicted octanol–water partition coefficient (Wildman–Crippen LogP) is 4.10. The van der Waals surface area contributed by atoms with Crippen molar-refractivity contribution in [2.45, 2.75) is 6.92 Å². The second-order valence-corrected chi connectivity index (χ2v) is 5.39. The van der Waals surface area contributed by atoms with Crippen molar-refractivity contribution in [1.29, 1.82) is 0 Å². The van der Waals surface area contributed by atoms with Crippen molar-refractivity contribution >= 4 is 26.8 Å². The molecule has 0 saturated carbocycles. The van der Waals surface area contributed by atoms with Gasteiger partial charge in [-0.15, -0.1) is 0 Å². The minimum Gasteiger partial charge on any atom is -0.255 e. The van der Waals surface area contributed by atoms with Crippen molar-refractivity contribution in [3.63, 3.8) is 0 Å². The molecule has 1 aromatic carbocycles. The van der Waals surface area contributed by atoms with Gasteiger partial charge < -0.3 is 0 Å². The van der Waals surface area contributed by atoms with Crippen LogP contribution in [0.2, 0.25) is 0 Å².